The summed E-state index contributed by atoms with van der Waals surface area (Å²) < 4.78 is 43.7. The molecule has 0 bridgehead atoms. The van der Waals surface area contributed by atoms with Crippen LogP contribution in [0.3, 0.4) is 0 Å². The minimum Gasteiger partial charge on any atom is -0.486 e. The van der Waals surface area contributed by atoms with Crippen LogP contribution in [0.1, 0.15) is 51.0 Å². The zero-order valence-electron chi connectivity index (χ0n) is 20.1. The van der Waals surface area contributed by atoms with Gasteiger partial charge in [-0.2, -0.15) is 4.31 Å². The lowest BCUT2D eigenvalue weighted by molar-refractivity contribution is -0.153. The Morgan fingerprint density at radius 2 is 1.77 bits per heavy atom. The maximum absolute atomic E-state index is 13.4. The molecule has 2 atom stereocenters. The Labute approximate surface area is 205 Å². The molecule has 0 spiro atoms. The van der Waals surface area contributed by atoms with E-state index in [4.69, 9.17) is 9.47 Å². The minimum absolute atomic E-state index is 0.0620. The summed E-state index contributed by atoms with van der Waals surface area (Å²) in [6, 6.07) is 0.914. The quantitative estimate of drug-likeness (QED) is 0.434. The van der Waals surface area contributed by atoms with E-state index in [9.17, 15) is 22.8 Å². The van der Waals surface area contributed by atoms with Gasteiger partial charge in [0.15, 0.2) is 11.5 Å². The Hall–Kier alpha value is -2.66. The van der Waals surface area contributed by atoms with E-state index in [1.54, 1.807) is 13.0 Å². The van der Waals surface area contributed by atoms with Crippen LogP contribution in [0, 0.1) is 5.92 Å². The maximum Gasteiger partial charge on any atom is 0.376 e. The standard InChI is InChI=1S/C24H32N2O8S/c1-3-26-18(12-16-13-19-20(34-10-9-33-19)14-21(16)35(26,30)31)23(28)25-17(22(27)24(29)32-2)11-15-7-5-4-6-8-15/h13-15,17-18H,3-12H2,1-2H3,(H,25,28)/t17-,18?/m0/s1. The average molecular weight is 509 g/mol. The summed E-state index contributed by atoms with van der Waals surface area (Å²) in [7, 11) is -2.88. The third-order valence-electron chi connectivity index (χ3n) is 7.00. The van der Waals surface area contributed by atoms with Gasteiger partial charge in [-0.3, -0.25) is 9.59 Å². The van der Waals surface area contributed by atoms with Gasteiger partial charge in [0.25, 0.3) is 5.78 Å². The Balaban J connectivity index is 1.61. The highest BCUT2D eigenvalue weighted by atomic mass is 32.2. The second-order valence-corrected chi connectivity index (χ2v) is 11.0. The number of Topliss-reactive ketones (excluding diaryl/α,β-unsaturated/α-hetero) is 1. The molecule has 3 aliphatic rings. The van der Waals surface area contributed by atoms with E-state index in [0.717, 1.165) is 43.5 Å². The third-order valence-corrected chi connectivity index (χ3v) is 9.07. The lowest BCUT2D eigenvalue weighted by atomic mass is 9.84. The molecule has 2 aliphatic heterocycles. The zero-order valence-corrected chi connectivity index (χ0v) is 20.9. The van der Waals surface area contributed by atoms with Crippen molar-refractivity contribution in [1.29, 1.82) is 0 Å². The molecule has 1 N–H and O–H groups in total. The van der Waals surface area contributed by atoms with Crippen LogP contribution in [-0.4, -0.2) is 69.3 Å². The largest absolute Gasteiger partial charge is 0.486 e. The highest BCUT2D eigenvalue weighted by molar-refractivity contribution is 7.89. The van der Waals surface area contributed by atoms with Crippen LogP contribution in [-0.2, 0) is 35.6 Å². The number of esters is 1. The number of hydrogen-bond donors (Lipinski definition) is 1. The second-order valence-electron chi connectivity index (χ2n) is 9.19. The molecular formula is C24H32N2O8S. The van der Waals surface area contributed by atoms with Crippen molar-refractivity contribution in [2.24, 2.45) is 5.92 Å². The first-order valence-electron chi connectivity index (χ1n) is 12.1. The molecule has 4 rings (SSSR count). The molecule has 1 saturated carbocycles. The van der Waals surface area contributed by atoms with Crippen molar-refractivity contribution < 1.29 is 37.0 Å². The Morgan fingerprint density at radius 1 is 1.11 bits per heavy atom. The number of ketones is 1. The molecule has 11 heteroatoms. The molecule has 2 heterocycles. The normalized spacial score (nSPS) is 22.5. The van der Waals surface area contributed by atoms with Crippen LogP contribution < -0.4 is 14.8 Å². The summed E-state index contributed by atoms with van der Waals surface area (Å²) in [5.41, 5.74) is 0.447. The highest BCUT2D eigenvalue weighted by Gasteiger charge is 2.43. The van der Waals surface area contributed by atoms with Crippen molar-refractivity contribution in [1.82, 2.24) is 9.62 Å². The number of amides is 1. The zero-order chi connectivity index (χ0) is 25.2. The number of methoxy groups -OCH3 is 1. The fourth-order valence-corrected chi connectivity index (χ4v) is 7.06. The number of rotatable bonds is 7. The number of carbonyl (C=O) groups is 3. The number of carbonyl (C=O) groups excluding carboxylic acids is 3. The molecule has 0 saturated heterocycles. The van der Waals surface area contributed by atoms with Gasteiger partial charge < -0.3 is 19.5 Å². The number of sulfonamides is 1. The summed E-state index contributed by atoms with van der Waals surface area (Å²) in [5.74, 6) is -1.48. The van der Waals surface area contributed by atoms with E-state index in [0.29, 0.717) is 36.7 Å². The van der Waals surface area contributed by atoms with Gasteiger partial charge in [0, 0.05) is 12.6 Å². The van der Waals surface area contributed by atoms with Gasteiger partial charge in [-0.25, -0.2) is 13.2 Å². The first kappa shape index (κ1) is 25.4. The third kappa shape index (κ3) is 5.16. The lowest BCUT2D eigenvalue weighted by Crippen LogP contribution is -2.56. The van der Waals surface area contributed by atoms with Gasteiger partial charge >= 0.3 is 5.97 Å². The number of fused-ring (bicyclic) bond motifs is 2. The molecule has 192 valence electrons. The molecule has 1 unspecified atom stereocenters. The van der Waals surface area contributed by atoms with Crippen LogP contribution in [0.15, 0.2) is 17.0 Å². The lowest BCUT2D eigenvalue weighted by Gasteiger charge is -2.36. The molecule has 0 radical (unpaired) electrons. The number of nitrogens with one attached hydrogen (secondary N) is 1. The predicted molar refractivity (Wildman–Crippen MR) is 125 cm³/mol. The predicted octanol–water partition coefficient (Wildman–Crippen LogP) is 1.59. The smallest absolute Gasteiger partial charge is 0.376 e. The van der Waals surface area contributed by atoms with Crippen LogP contribution in [0.2, 0.25) is 0 Å². The van der Waals surface area contributed by atoms with E-state index in [1.165, 1.54) is 6.07 Å². The number of nitrogens with zero attached hydrogens (tertiary/aromatic N) is 1. The van der Waals surface area contributed by atoms with Gasteiger partial charge in [-0.1, -0.05) is 39.0 Å². The van der Waals surface area contributed by atoms with Gasteiger partial charge in [-0.05, 0) is 30.4 Å². The number of benzene rings is 1. The summed E-state index contributed by atoms with van der Waals surface area (Å²) in [6.07, 6.45) is 5.46. The highest BCUT2D eigenvalue weighted by Crippen LogP contribution is 2.39. The topological polar surface area (TPSA) is 128 Å². The minimum atomic E-state index is -4.00. The van der Waals surface area contributed by atoms with E-state index in [1.807, 2.05) is 0 Å². The van der Waals surface area contributed by atoms with Gasteiger partial charge in [0.05, 0.1) is 18.0 Å². The summed E-state index contributed by atoms with van der Waals surface area (Å²) in [5, 5.41) is 2.69. The van der Waals surface area contributed by atoms with Crippen molar-refractivity contribution >= 4 is 27.7 Å². The van der Waals surface area contributed by atoms with Crippen molar-refractivity contribution in [3.8, 4) is 11.5 Å². The van der Waals surface area contributed by atoms with E-state index < -0.39 is 39.8 Å². The van der Waals surface area contributed by atoms with Crippen LogP contribution >= 0.6 is 0 Å². The molecule has 1 aromatic rings. The monoisotopic (exact) mass is 508 g/mol. The van der Waals surface area contributed by atoms with Gasteiger partial charge in [-0.15, -0.1) is 0 Å². The van der Waals surface area contributed by atoms with Crippen LogP contribution in [0.25, 0.3) is 0 Å². The maximum atomic E-state index is 13.4. The Morgan fingerprint density at radius 3 is 2.40 bits per heavy atom. The van der Waals surface area contributed by atoms with Crippen LogP contribution in [0.5, 0.6) is 11.5 Å². The summed E-state index contributed by atoms with van der Waals surface area (Å²) in [6.45, 7) is 2.39. The number of likely N-dealkylation sites (N-methyl/N-ethyl adjacent to an activating group) is 1. The Kier molecular flexibility index (Phi) is 7.65. The van der Waals surface area contributed by atoms with E-state index >= 15 is 0 Å². The van der Waals surface area contributed by atoms with E-state index in [2.05, 4.69) is 10.1 Å². The molecule has 1 aliphatic carbocycles. The van der Waals surface area contributed by atoms with Gasteiger partial charge in [0.1, 0.15) is 19.3 Å². The molecular weight excluding hydrogens is 476 g/mol. The van der Waals surface area contributed by atoms with E-state index in [-0.39, 0.29) is 23.8 Å². The molecule has 1 fully saturated rings. The molecule has 1 amide bonds. The van der Waals surface area contributed by atoms with Crippen LogP contribution in [0.4, 0.5) is 0 Å². The Bertz CT molecular complexity index is 1100. The summed E-state index contributed by atoms with van der Waals surface area (Å²) >= 11 is 0. The van der Waals surface area contributed by atoms with Crippen molar-refractivity contribution in [2.45, 2.75) is 68.8 Å². The average Bonchev–Trinajstić information content (AvgIpc) is 2.86. The first-order chi connectivity index (χ1) is 16.8. The summed E-state index contributed by atoms with van der Waals surface area (Å²) in [4.78, 5) is 38.3. The first-order valence-corrected chi connectivity index (χ1v) is 13.6. The molecule has 10 nitrogen and oxygen atoms in total. The SMILES string of the molecule is CCN1C(C(=O)N[C@@H](CC2CCCCC2)C(=O)C(=O)OC)Cc2cc3c(cc2S1(=O)=O)OCCO3. The van der Waals surface area contributed by atoms with Crippen molar-refractivity contribution in [2.75, 3.05) is 26.9 Å². The fraction of sp³-hybridized carbons (Fsp3) is 0.625. The number of hydrogen-bond acceptors (Lipinski definition) is 8. The second kappa shape index (κ2) is 10.5. The molecule has 35 heavy (non-hydrogen) atoms. The number of ether oxygens (including phenoxy) is 3. The van der Waals surface area contributed by atoms with Crippen molar-refractivity contribution in [3.05, 3.63) is 17.7 Å². The molecule has 0 aromatic heterocycles. The fourth-order valence-electron chi connectivity index (χ4n) is 5.23. The van der Waals surface area contributed by atoms with Gasteiger partial charge in [0.2, 0.25) is 15.9 Å². The van der Waals surface area contributed by atoms with Crippen molar-refractivity contribution in [3.63, 3.8) is 0 Å². The molecule has 1 aromatic carbocycles.